The molecule has 1 fully saturated rings. The van der Waals surface area contributed by atoms with Gasteiger partial charge in [-0.1, -0.05) is 12.1 Å². The number of nitrogens with zero attached hydrogens (tertiary/aromatic N) is 1. The van der Waals surface area contributed by atoms with Crippen molar-refractivity contribution in [3.05, 3.63) is 29.8 Å². The average molecular weight is 262 g/mol. The fourth-order valence-corrected chi connectivity index (χ4v) is 1.65. The lowest BCUT2D eigenvalue weighted by atomic mass is 10.2. The lowest BCUT2D eigenvalue weighted by molar-refractivity contribution is -0.133. The Morgan fingerprint density at radius 1 is 1.47 bits per heavy atom. The minimum atomic E-state index is -0.921. The number of hydrogen-bond donors (Lipinski definition) is 4. The van der Waals surface area contributed by atoms with E-state index in [1.807, 2.05) is 0 Å². The predicted molar refractivity (Wildman–Crippen MR) is 68.6 cm³/mol. The van der Waals surface area contributed by atoms with Crippen molar-refractivity contribution in [2.24, 2.45) is 5.10 Å². The number of benzene rings is 1. The third kappa shape index (κ3) is 3.52. The van der Waals surface area contributed by atoms with Crippen molar-refractivity contribution in [3.8, 4) is 5.75 Å². The molecular weight excluding hydrogens is 248 g/mol. The molecule has 4 N–H and O–H groups in total. The Balaban J connectivity index is 1.91. The smallest absolute Gasteiger partial charge is 0.266 e. The number of hydrogen-bond acceptors (Lipinski definition) is 5. The molecule has 7 heteroatoms. The van der Waals surface area contributed by atoms with E-state index in [0.717, 1.165) is 0 Å². The van der Waals surface area contributed by atoms with E-state index in [0.29, 0.717) is 18.7 Å². The fraction of sp³-hybridized carbons (Fsp3) is 0.250. The standard InChI is InChI=1S/C12H14N4O3/c17-9-3-1-2-8(6-9)7-15-16-12(19)10-11(18)14-5-4-13-10/h1-3,6-7,10,13,17H,4-5H2,(H,14,18)(H,16,19). The van der Waals surface area contributed by atoms with Crippen LogP contribution in [0.15, 0.2) is 29.4 Å². The number of rotatable bonds is 3. The second-order valence-corrected chi connectivity index (χ2v) is 4.01. The number of aromatic hydroxyl groups is 1. The van der Waals surface area contributed by atoms with Gasteiger partial charge in [-0.2, -0.15) is 5.10 Å². The lowest BCUT2D eigenvalue weighted by Gasteiger charge is -2.21. The van der Waals surface area contributed by atoms with Crippen molar-refractivity contribution in [2.75, 3.05) is 13.1 Å². The lowest BCUT2D eigenvalue weighted by Crippen LogP contribution is -2.58. The highest BCUT2D eigenvalue weighted by Crippen LogP contribution is 2.08. The van der Waals surface area contributed by atoms with Crippen LogP contribution in [0.5, 0.6) is 5.75 Å². The molecule has 7 nitrogen and oxygen atoms in total. The summed E-state index contributed by atoms with van der Waals surface area (Å²) in [4.78, 5) is 23.1. The van der Waals surface area contributed by atoms with Crippen molar-refractivity contribution in [1.29, 1.82) is 0 Å². The van der Waals surface area contributed by atoms with Gasteiger partial charge < -0.3 is 10.4 Å². The Hall–Kier alpha value is -2.41. The highest BCUT2D eigenvalue weighted by molar-refractivity contribution is 6.04. The minimum Gasteiger partial charge on any atom is -0.508 e. The molecule has 1 heterocycles. The van der Waals surface area contributed by atoms with Crippen molar-refractivity contribution >= 4 is 18.0 Å². The van der Waals surface area contributed by atoms with Gasteiger partial charge in [0.25, 0.3) is 5.91 Å². The summed E-state index contributed by atoms with van der Waals surface area (Å²) in [6, 6.07) is 5.50. The normalized spacial score (nSPS) is 19.2. The van der Waals surface area contributed by atoms with Gasteiger partial charge in [0, 0.05) is 13.1 Å². The molecular formula is C12H14N4O3. The summed E-state index contributed by atoms with van der Waals surface area (Å²) in [5.74, 6) is -0.770. The van der Waals surface area contributed by atoms with Gasteiger partial charge in [-0.05, 0) is 17.7 Å². The van der Waals surface area contributed by atoms with E-state index in [2.05, 4.69) is 21.2 Å². The number of piperazine rings is 1. The third-order valence-electron chi connectivity index (χ3n) is 2.56. The Morgan fingerprint density at radius 3 is 3.05 bits per heavy atom. The molecule has 0 aliphatic carbocycles. The summed E-state index contributed by atoms with van der Waals surface area (Å²) in [5, 5.41) is 18.4. The molecule has 0 spiro atoms. The van der Waals surface area contributed by atoms with Gasteiger partial charge >= 0.3 is 0 Å². The third-order valence-corrected chi connectivity index (χ3v) is 2.56. The SMILES string of the molecule is O=C1NCCNC1C(=O)NN=Cc1cccc(O)c1. The zero-order valence-electron chi connectivity index (χ0n) is 10.1. The quantitative estimate of drug-likeness (QED) is 0.316. The first-order valence-electron chi connectivity index (χ1n) is 5.80. The molecule has 2 amide bonds. The first kappa shape index (κ1) is 13.0. The topological polar surface area (TPSA) is 103 Å². The first-order valence-corrected chi connectivity index (χ1v) is 5.80. The maximum Gasteiger partial charge on any atom is 0.266 e. The average Bonchev–Trinajstić information content (AvgIpc) is 2.39. The van der Waals surface area contributed by atoms with E-state index in [-0.39, 0.29) is 11.7 Å². The summed E-state index contributed by atoms with van der Waals surface area (Å²) >= 11 is 0. The molecule has 1 aromatic rings. The van der Waals surface area contributed by atoms with Gasteiger partial charge in [0.15, 0.2) is 6.04 Å². The molecule has 1 atom stereocenters. The molecule has 1 aromatic carbocycles. The number of phenols is 1. The molecule has 0 bridgehead atoms. The molecule has 19 heavy (non-hydrogen) atoms. The zero-order valence-corrected chi connectivity index (χ0v) is 10.1. The van der Waals surface area contributed by atoms with Gasteiger partial charge in [0.1, 0.15) is 5.75 Å². The molecule has 1 unspecified atom stereocenters. The van der Waals surface area contributed by atoms with Crippen LogP contribution < -0.4 is 16.1 Å². The maximum atomic E-state index is 11.7. The van der Waals surface area contributed by atoms with Crippen LogP contribution >= 0.6 is 0 Å². The van der Waals surface area contributed by atoms with E-state index in [1.54, 1.807) is 12.1 Å². The van der Waals surface area contributed by atoms with Crippen molar-refractivity contribution in [3.63, 3.8) is 0 Å². The van der Waals surface area contributed by atoms with Gasteiger partial charge in [0.2, 0.25) is 5.91 Å². The largest absolute Gasteiger partial charge is 0.508 e. The number of phenolic OH excluding ortho intramolecular Hbond substituents is 1. The van der Waals surface area contributed by atoms with Crippen LogP contribution in [-0.2, 0) is 9.59 Å². The number of hydrazone groups is 1. The summed E-state index contributed by atoms with van der Waals surface area (Å²) in [6.07, 6.45) is 1.39. The van der Waals surface area contributed by atoms with Crippen LogP contribution in [0.25, 0.3) is 0 Å². The van der Waals surface area contributed by atoms with Gasteiger partial charge in [-0.25, -0.2) is 5.43 Å². The maximum absolute atomic E-state index is 11.7. The second kappa shape index (κ2) is 5.96. The number of amides is 2. The Labute approximate surface area is 109 Å². The van der Waals surface area contributed by atoms with Crippen LogP contribution in [0, 0.1) is 0 Å². The van der Waals surface area contributed by atoms with Crippen LogP contribution in [0.3, 0.4) is 0 Å². The predicted octanol–water partition coefficient (Wildman–Crippen LogP) is -1.07. The minimum absolute atomic E-state index is 0.114. The summed E-state index contributed by atoms with van der Waals surface area (Å²) in [6.45, 7) is 1.05. The highest BCUT2D eigenvalue weighted by Gasteiger charge is 2.28. The van der Waals surface area contributed by atoms with Gasteiger partial charge in [0.05, 0.1) is 6.21 Å². The fourth-order valence-electron chi connectivity index (χ4n) is 1.65. The van der Waals surface area contributed by atoms with Crippen LogP contribution in [0.2, 0.25) is 0 Å². The Kier molecular flexibility index (Phi) is 4.09. The molecule has 1 aliphatic heterocycles. The van der Waals surface area contributed by atoms with Crippen LogP contribution in [-0.4, -0.2) is 42.3 Å². The molecule has 2 rings (SSSR count). The number of carbonyl (C=O) groups is 2. The molecule has 1 saturated heterocycles. The van der Waals surface area contributed by atoms with E-state index in [1.165, 1.54) is 18.3 Å². The van der Waals surface area contributed by atoms with E-state index < -0.39 is 11.9 Å². The van der Waals surface area contributed by atoms with Crippen molar-refractivity contribution < 1.29 is 14.7 Å². The Morgan fingerprint density at radius 2 is 2.32 bits per heavy atom. The molecule has 0 radical (unpaired) electrons. The molecule has 1 aliphatic rings. The van der Waals surface area contributed by atoms with Crippen molar-refractivity contribution in [1.82, 2.24) is 16.1 Å². The van der Waals surface area contributed by atoms with Crippen LogP contribution in [0.1, 0.15) is 5.56 Å². The summed E-state index contributed by atoms with van der Waals surface area (Å²) in [7, 11) is 0. The molecule has 0 saturated carbocycles. The highest BCUT2D eigenvalue weighted by atomic mass is 16.3. The first-order chi connectivity index (χ1) is 9.16. The molecule has 100 valence electrons. The summed E-state index contributed by atoms with van der Waals surface area (Å²) in [5.41, 5.74) is 2.92. The zero-order chi connectivity index (χ0) is 13.7. The van der Waals surface area contributed by atoms with Gasteiger partial charge in [-0.3, -0.25) is 14.9 Å². The van der Waals surface area contributed by atoms with Crippen molar-refractivity contribution in [2.45, 2.75) is 6.04 Å². The second-order valence-electron chi connectivity index (χ2n) is 4.01. The van der Waals surface area contributed by atoms with Crippen LogP contribution in [0.4, 0.5) is 0 Å². The monoisotopic (exact) mass is 262 g/mol. The van der Waals surface area contributed by atoms with E-state index >= 15 is 0 Å². The summed E-state index contributed by atoms with van der Waals surface area (Å²) < 4.78 is 0. The molecule has 0 aromatic heterocycles. The van der Waals surface area contributed by atoms with E-state index in [4.69, 9.17) is 0 Å². The van der Waals surface area contributed by atoms with Gasteiger partial charge in [-0.15, -0.1) is 0 Å². The number of nitrogens with one attached hydrogen (secondary N) is 3. The Bertz CT molecular complexity index is 515. The number of carbonyl (C=O) groups excluding carboxylic acids is 2. The van der Waals surface area contributed by atoms with E-state index in [9.17, 15) is 14.7 Å².